The highest BCUT2D eigenvalue weighted by molar-refractivity contribution is 5.83. The van der Waals surface area contributed by atoms with E-state index in [9.17, 15) is 9.59 Å². The smallest absolute Gasteiger partial charge is 0.320 e. The van der Waals surface area contributed by atoms with Gasteiger partial charge in [-0.3, -0.25) is 14.5 Å². The Bertz CT molecular complexity index is 289. The molecule has 0 aromatic rings. The van der Waals surface area contributed by atoms with Gasteiger partial charge in [-0.25, -0.2) is 0 Å². The van der Waals surface area contributed by atoms with E-state index in [2.05, 4.69) is 5.32 Å². The first-order chi connectivity index (χ1) is 7.62. The Hall–Kier alpha value is -1.10. The van der Waals surface area contributed by atoms with E-state index in [0.717, 1.165) is 6.42 Å². The van der Waals surface area contributed by atoms with E-state index in [-0.39, 0.29) is 11.4 Å². The third kappa shape index (κ3) is 4.73. The Balaban J connectivity index is 4.55. The Morgan fingerprint density at radius 2 is 1.76 bits per heavy atom. The monoisotopic (exact) mass is 244 g/mol. The lowest BCUT2D eigenvalue weighted by Gasteiger charge is -2.31. The van der Waals surface area contributed by atoms with Crippen molar-refractivity contribution in [1.82, 2.24) is 10.2 Å². The van der Waals surface area contributed by atoms with Crippen LogP contribution in [0, 0.1) is 0 Å². The maximum atomic E-state index is 11.9. The second-order valence-electron chi connectivity index (χ2n) is 5.08. The number of amides is 1. The number of rotatable bonds is 6. The van der Waals surface area contributed by atoms with Crippen LogP contribution in [-0.4, -0.2) is 46.6 Å². The van der Waals surface area contributed by atoms with Crippen LogP contribution >= 0.6 is 0 Å². The molecular weight excluding hydrogens is 220 g/mol. The maximum absolute atomic E-state index is 11.9. The standard InChI is InChI=1S/C12H24N2O3/c1-7-12(4,5)13-10(15)8(2)14(6)9(3)11(16)17/h8-9H,7H2,1-6H3,(H,13,15)(H,16,17). The fourth-order valence-electron chi connectivity index (χ4n) is 1.22. The highest BCUT2D eigenvalue weighted by Crippen LogP contribution is 2.09. The number of carbonyl (C=O) groups excluding carboxylic acids is 1. The second-order valence-corrected chi connectivity index (χ2v) is 5.08. The minimum Gasteiger partial charge on any atom is -0.480 e. The molecule has 0 aromatic heterocycles. The van der Waals surface area contributed by atoms with Gasteiger partial charge in [-0.2, -0.15) is 0 Å². The van der Waals surface area contributed by atoms with Crippen LogP contribution < -0.4 is 5.32 Å². The Morgan fingerprint density at radius 3 is 2.12 bits per heavy atom. The van der Waals surface area contributed by atoms with Crippen molar-refractivity contribution in [3.8, 4) is 0 Å². The van der Waals surface area contributed by atoms with E-state index in [1.807, 2.05) is 20.8 Å². The first-order valence-corrected chi connectivity index (χ1v) is 5.89. The zero-order valence-electron chi connectivity index (χ0n) is 11.6. The normalized spacial score (nSPS) is 15.5. The van der Waals surface area contributed by atoms with Gasteiger partial charge in [0.2, 0.25) is 5.91 Å². The third-order valence-electron chi connectivity index (χ3n) is 3.30. The summed E-state index contributed by atoms with van der Waals surface area (Å²) < 4.78 is 0. The molecule has 0 aliphatic carbocycles. The summed E-state index contributed by atoms with van der Waals surface area (Å²) in [7, 11) is 1.64. The molecule has 0 rings (SSSR count). The SMILES string of the molecule is CCC(C)(C)NC(=O)C(C)N(C)C(C)C(=O)O. The van der Waals surface area contributed by atoms with Crippen molar-refractivity contribution < 1.29 is 14.7 Å². The van der Waals surface area contributed by atoms with Crippen LogP contribution in [0.3, 0.4) is 0 Å². The number of carboxylic acids is 1. The zero-order valence-corrected chi connectivity index (χ0v) is 11.6. The third-order valence-corrected chi connectivity index (χ3v) is 3.30. The number of aliphatic carboxylic acids is 1. The topological polar surface area (TPSA) is 69.6 Å². The van der Waals surface area contributed by atoms with Crippen LogP contribution in [0.15, 0.2) is 0 Å². The van der Waals surface area contributed by atoms with Crippen molar-refractivity contribution in [2.24, 2.45) is 0 Å². The molecule has 0 saturated carbocycles. The number of carbonyl (C=O) groups is 2. The lowest BCUT2D eigenvalue weighted by Crippen LogP contribution is -2.53. The molecule has 0 bridgehead atoms. The Morgan fingerprint density at radius 1 is 1.29 bits per heavy atom. The Labute approximate surface area is 103 Å². The van der Waals surface area contributed by atoms with Crippen molar-refractivity contribution in [2.75, 3.05) is 7.05 Å². The highest BCUT2D eigenvalue weighted by atomic mass is 16.4. The molecule has 0 aliphatic heterocycles. The maximum Gasteiger partial charge on any atom is 0.320 e. The molecule has 5 nitrogen and oxygen atoms in total. The summed E-state index contributed by atoms with van der Waals surface area (Å²) in [6.07, 6.45) is 0.823. The number of carboxylic acid groups (broad SMARTS) is 1. The van der Waals surface area contributed by atoms with Gasteiger partial charge in [0.1, 0.15) is 6.04 Å². The van der Waals surface area contributed by atoms with E-state index >= 15 is 0 Å². The first-order valence-electron chi connectivity index (χ1n) is 5.89. The summed E-state index contributed by atoms with van der Waals surface area (Å²) in [4.78, 5) is 24.3. The fraction of sp³-hybridized carbons (Fsp3) is 0.833. The molecule has 0 radical (unpaired) electrons. The number of hydrogen-bond acceptors (Lipinski definition) is 3. The van der Waals surface area contributed by atoms with Crippen LogP contribution in [0.25, 0.3) is 0 Å². The molecule has 2 unspecified atom stereocenters. The molecule has 0 aliphatic rings. The summed E-state index contributed by atoms with van der Waals surface area (Å²) in [5, 5.41) is 11.8. The van der Waals surface area contributed by atoms with Gasteiger partial charge in [0.15, 0.2) is 0 Å². The van der Waals surface area contributed by atoms with E-state index in [1.54, 1.807) is 25.8 Å². The van der Waals surface area contributed by atoms with Gasteiger partial charge in [-0.05, 0) is 41.2 Å². The minimum atomic E-state index is -0.929. The number of nitrogens with one attached hydrogen (secondary N) is 1. The largest absolute Gasteiger partial charge is 0.480 e. The van der Waals surface area contributed by atoms with Crippen LogP contribution in [0.2, 0.25) is 0 Å². The summed E-state index contributed by atoms with van der Waals surface area (Å²) >= 11 is 0. The molecule has 2 N–H and O–H groups in total. The van der Waals surface area contributed by atoms with Gasteiger partial charge in [-0.15, -0.1) is 0 Å². The average molecular weight is 244 g/mol. The van der Waals surface area contributed by atoms with Crippen LogP contribution in [0.5, 0.6) is 0 Å². The van der Waals surface area contributed by atoms with E-state index in [1.165, 1.54) is 0 Å². The summed E-state index contributed by atoms with van der Waals surface area (Å²) in [5.41, 5.74) is -0.265. The lowest BCUT2D eigenvalue weighted by atomic mass is 10.0. The van der Waals surface area contributed by atoms with Gasteiger partial charge in [0.25, 0.3) is 0 Å². The van der Waals surface area contributed by atoms with Gasteiger partial charge in [0, 0.05) is 5.54 Å². The minimum absolute atomic E-state index is 0.146. The molecule has 0 fully saturated rings. The summed E-state index contributed by atoms with van der Waals surface area (Å²) in [6.45, 7) is 9.16. The fourth-order valence-corrected chi connectivity index (χ4v) is 1.22. The summed E-state index contributed by atoms with van der Waals surface area (Å²) in [5.74, 6) is -1.07. The van der Waals surface area contributed by atoms with Crippen LogP contribution in [-0.2, 0) is 9.59 Å². The van der Waals surface area contributed by atoms with Crippen molar-refractivity contribution >= 4 is 11.9 Å². The van der Waals surface area contributed by atoms with Gasteiger partial charge in [0.05, 0.1) is 6.04 Å². The van der Waals surface area contributed by atoms with Gasteiger partial charge >= 0.3 is 5.97 Å². The molecule has 0 aromatic carbocycles. The highest BCUT2D eigenvalue weighted by Gasteiger charge is 2.28. The molecule has 17 heavy (non-hydrogen) atoms. The summed E-state index contributed by atoms with van der Waals surface area (Å²) in [6, 6.07) is -1.15. The molecule has 1 amide bonds. The van der Waals surface area contributed by atoms with Crippen molar-refractivity contribution in [3.63, 3.8) is 0 Å². The van der Waals surface area contributed by atoms with Gasteiger partial charge in [-0.1, -0.05) is 6.92 Å². The molecular formula is C12H24N2O3. The number of hydrogen-bond donors (Lipinski definition) is 2. The molecule has 0 spiro atoms. The number of nitrogens with zero attached hydrogens (tertiary/aromatic N) is 1. The molecule has 2 atom stereocenters. The average Bonchev–Trinajstić information content (AvgIpc) is 2.25. The van der Waals surface area contributed by atoms with Crippen molar-refractivity contribution in [3.05, 3.63) is 0 Å². The predicted octanol–water partition coefficient (Wildman–Crippen LogP) is 1.08. The number of likely N-dealkylation sites (N-methyl/N-ethyl adjacent to an activating group) is 1. The van der Waals surface area contributed by atoms with Crippen molar-refractivity contribution in [1.29, 1.82) is 0 Å². The quantitative estimate of drug-likeness (QED) is 0.733. The van der Waals surface area contributed by atoms with Gasteiger partial charge < -0.3 is 10.4 Å². The molecule has 100 valence electrons. The Kier molecular flexibility index (Phi) is 5.61. The molecule has 0 saturated heterocycles. The van der Waals surface area contributed by atoms with Crippen molar-refractivity contribution in [2.45, 2.75) is 58.7 Å². The molecule has 0 heterocycles. The first kappa shape index (κ1) is 15.9. The van der Waals surface area contributed by atoms with Crippen LogP contribution in [0.4, 0.5) is 0 Å². The van der Waals surface area contributed by atoms with E-state index in [0.29, 0.717) is 0 Å². The second kappa shape index (κ2) is 6.00. The molecule has 5 heteroatoms. The van der Waals surface area contributed by atoms with Crippen LogP contribution in [0.1, 0.15) is 41.0 Å². The van der Waals surface area contributed by atoms with E-state index < -0.39 is 18.1 Å². The zero-order chi connectivity index (χ0) is 13.8. The lowest BCUT2D eigenvalue weighted by molar-refractivity contribution is -0.144. The van der Waals surface area contributed by atoms with E-state index in [4.69, 9.17) is 5.11 Å². The predicted molar refractivity (Wildman–Crippen MR) is 66.8 cm³/mol.